The first kappa shape index (κ1) is 26.3. The van der Waals surface area contributed by atoms with Crippen LogP contribution in [0.1, 0.15) is 69.4 Å². The third-order valence-corrected chi connectivity index (χ3v) is 9.42. The van der Waals surface area contributed by atoms with Crippen molar-refractivity contribution in [1.82, 2.24) is 19.4 Å². The molecule has 0 aromatic carbocycles. The Morgan fingerprint density at radius 2 is 1.97 bits per heavy atom. The average molecular weight is 557 g/mol. The van der Waals surface area contributed by atoms with Crippen LogP contribution in [0.2, 0.25) is 0 Å². The van der Waals surface area contributed by atoms with Gasteiger partial charge in [0.15, 0.2) is 5.69 Å². The van der Waals surface area contributed by atoms with Crippen LogP contribution in [0, 0.1) is 5.92 Å². The molecule has 2 aromatic rings. The van der Waals surface area contributed by atoms with Crippen molar-refractivity contribution < 1.29 is 23.9 Å². The fourth-order valence-electron chi connectivity index (χ4n) is 5.46. The Labute approximate surface area is 231 Å². The van der Waals surface area contributed by atoms with Crippen molar-refractivity contribution in [2.75, 3.05) is 57.6 Å². The molecule has 0 bridgehead atoms. The number of rotatable bonds is 9. The normalized spacial score (nSPS) is 21.3. The van der Waals surface area contributed by atoms with E-state index in [2.05, 4.69) is 15.2 Å². The molecule has 1 saturated heterocycles. The minimum Gasteiger partial charge on any atom is -0.460 e. The van der Waals surface area contributed by atoms with Crippen LogP contribution >= 0.6 is 11.3 Å². The summed E-state index contributed by atoms with van der Waals surface area (Å²) in [6.07, 6.45) is 7.57. The molecule has 2 amide bonds. The number of aromatic nitrogens is 2. The molecular weight excluding hydrogens is 520 g/mol. The topological polar surface area (TPSA) is 132 Å². The largest absolute Gasteiger partial charge is 0.460 e. The second-order valence-corrected chi connectivity index (χ2v) is 12.1. The number of anilines is 2. The quantitative estimate of drug-likeness (QED) is 0.450. The minimum atomic E-state index is -0.529. The summed E-state index contributed by atoms with van der Waals surface area (Å²) in [5, 5.41) is 3.73. The first-order valence-electron chi connectivity index (χ1n) is 13.9. The minimum absolute atomic E-state index is 0.00361. The molecule has 3 N–H and O–H groups in total. The Bertz CT molecular complexity index is 1260. The number of nitrogen functional groups attached to an aromatic ring is 1. The van der Waals surface area contributed by atoms with Crippen LogP contribution in [0.4, 0.5) is 10.8 Å². The van der Waals surface area contributed by atoms with Crippen LogP contribution in [0.5, 0.6) is 0 Å². The van der Waals surface area contributed by atoms with Crippen LogP contribution in [-0.2, 0) is 27.1 Å². The monoisotopic (exact) mass is 556 g/mol. The third kappa shape index (κ3) is 5.55. The molecule has 0 radical (unpaired) electrons. The van der Waals surface area contributed by atoms with E-state index in [4.69, 9.17) is 15.2 Å². The highest BCUT2D eigenvalue weighted by Crippen LogP contribution is 2.44. The number of nitrogens with two attached hydrogens (primary N) is 1. The zero-order chi connectivity index (χ0) is 27.1. The van der Waals surface area contributed by atoms with Crippen LogP contribution in [0.15, 0.2) is 6.33 Å². The van der Waals surface area contributed by atoms with Crippen molar-refractivity contribution in [1.29, 1.82) is 0 Å². The van der Waals surface area contributed by atoms with Gasteiger partial charge in [-0.2, -0.15) is 0 Å². The molecule has 3 heterocycles. The number of hydrogen-bond acceptors (Lipinski definition) is 9. The summed E-state index contributed by atoms with van der Waals surface area (Å²) in [4.78, 5) is 48.4. The Morgan fingerprint density at radius 1 is 1.21 bits per heavy atom. The molecular formula is C27H36N6O5S. The van der Waals surface area contributed by atoms with Gasteiger partial charge in [0.05, 0.1) is 25.1 Å². The predicted octanol–water partition coefficient (Wildman–Crippen LogP) is 2.33. The maximum Gasteiger partial charge on any atom is 0.360 e. The number of morpholine rings is 1. The molecule has 4 aliphatic rings. The van der Waals surface area contributed by atoms with Gasteiger partial charge in [-0.3, -0.25) is 14.5 Å². The van der Waals surface area contributed by atoms with Crippen molar-refractivity contribution in [3.63, 3.8) is 0 Å². The van der Waals surface area contributed by atoms with E-state index >= 15 is 0 Å². The van der Waals surface area contributed by atoms with E-state index in [9.17, 15) is 14.4 Å². The summed E-state index contributed by atoms with van der Waals surface area (Å²) in [5.41, 5.74) is 8.13. The summed E-state index contributed by atoms with van der Waals surface area (Å²) >= 11 is 1.52. The summed E-state index contributed by atoms with van der Waals surface area (Å²) in [6.45, 7) is 3.95. The van der Waals surface area contributed by atoms with Gasteiger partial charge in [-0.1, -0.05) is 0 Å². The second kappa shape index (κ2) is 10.9. The number of amides is 2. The van der Waals surface area contributed by atoms with Gasteiger partial charge < -0.3 is 30.0 Å². The molecule has 210 valence electrons. The molecule has 2 aromatic heterocycles. The smallest absolute Gasteiger partial charge is 0.360 e. The maximum atomic E-state index is 13.6. The van der Waals surface area contributed by atoms with E-state index in [1.54, 1.807) is 6.33 Å². The van der Waals surface area contributed by atoms with Crippen molar-refractivity contribution in [3.05, 3.63) is 28.0 Å². The van der Waals surface area contributed by atoms with Crippen LogP contribution in [0.3, 0.4) is 0 Å². The number of carbonyl (C=O) groups is 3. The highest BCUT2D eigenvalue weighted by atomic mass is 32.1. The Hall–Kier alpha value is -2.96. The molecule has 1 aliphatic heterocycles. The lowest BCUT2D eigenvalue weighted by Gasteiger charge is -2.26. The number of ether oxygens (including phenoxy) is 2. The highest BCUT2D eigenvalue weighted by molar-refractivity contribution is 7.17. The first-order chi connectivity index (χ1) is 18.9. The number of carbonyl (C=O) groups excluding carboxylic acids is 3. The average Bonchev–Trinajstić information content (AvgIpc) is 3.87. The van der Waals surface area contributed by atoms with E-state index in [1.165, 1.54) is 11.3 Å². The van der Waals surface area contributed by atoms with Crippen LogP contribution in [-0.4, -0.2) is 89.7 Å². The lowest BCUT2D eigenvalue weighted by atomic mass is 9.90. The lowest BCUT2D eigenvalue weighted by molar-refractivity contribution is -0.117. The summed E-state index contributed by atoms with van der Waals surface area (Å²) in [7, 11) is 1.85. The van der Waals surface area contributed by atoms with E-state index < -0.39 is 5.97 Å². The Morgan fingerprint density at radius 3 is 2.69 bits per heavy atom. The van der Waals surface area contributed by atoms with Crippen molar-refractivity contribution in [3.8, 4) is 0 Å². The molecule has 0 spiro atoms. The van der Waals surface area contributed by atoms with Gasteiger partial charge >= 0.3 is 5.97 Å². The van der Waals surface area contributed by atoms with Crippen molar-refractivity contribution in [2.24, 2.45) is 5.92 Å². The molecule has 3 aliphatic carbocycles. The zero-order valence-corrected chi connectivity index (χ0v) is 23.1. The number of hydrogen-bond donors (Lipinski definition) is 2. The SMILES string of the molecule is CN(C(=O)c1c(NC(=O)C2CC2)sc2c1C[C@@H](n1cnc(C(=O)OCCN3CCOCC3)c1N)CC2)C1CC1. The number of fused-ring (bicyclic) bond motifs is 1. The molecule has 39 heavy (non-hydrogen) atoms. The number of imidazole rings is 1. The predicted molar refractivity (Wildman–Crippen MR) is 146 cm³/mol. The molecule has 1 atom stereocenters. The van der Waals surface area contributed by atoms with Gasteiger partial charge in [-0.05, 0) is 50.5 Å². The molecule has 3 fully saturated rings. The number of thiophene rings is 1. The summed E-state index contributed by atoms with van der Waals surface area (Å²) in [5.74, 6) is -0.230. The van der Waals surface area contributed by atoms with Gasteiger partial charge in [0.2, 0.25) is 5.91 Å². The fourth-order valence-corrected chi connectivity index (χ4v) is 6.70. The zero-order valence-electron chi connectivity index (χ0n) is 22.3. The Balaban J connectivity index is 1.18. The fraction of sp³-hybridized carbons (Fsp3) is 0.630. The number of esters is 1. The van der Waals surface area contributed by atoms with Crippen molar-refractivity contribution in [2.45, 2.75) is 57.0 Å². The van der Waals surface area contributed by atoms with Crippen LogP contribution < -0.4 is 11.1 Å². The third-order valence-electron chi connectivity index (χ3n) is 8.21. The second-order valence-electron chi connectivity index (χ2n) is 11.0. The Kier molecular flexibility index (Phi) is 7.34. The van der Waals surface area contributed by atoms with Crippen LogP contribution in [0.25, 0.3) is 0 Å². The van der Waals surface area contributed by atoms with Gasteiger partial charge in [0.1, 0.15) is 17.4 Å². The molecule has 6 rings (SSSR count). The van der Waals surface area contributed by atoms with Gasteiger partial charge in [-0.15, -0.1) is 11.3 Å². The molecule has 11 nitrogen and oxygen atoms in total. The summed E-state index contributed by atoms with van der Waals surface area (Å²) < 4.78 is 12.7. The van der Waals surface area contributed by atoms with E-state index in [0.717, 1.165) is 62.1 Å². The van der Waals surface area contributed by atoms with E-state index in [0.29, 0.717) is 36.7 Å². The lowest BCUT2D eigenvalue weighted by Crippen LogP contribution is -2.38. The number of aryl methyl sites for hydroxylation is 1. The molecule has 12 heteroatoms. The number of nitrogens with zero attached hydrogens (tertiary/aromatic N) is 4. The van der Waals surface area contributed by atoms with Gasteiger partial charge in [0.25, 0.3) is 5.91 Å². The highest BCUT2D eigenvalue weighted by Gasteiger charge is 2.38. The molecule has 0 unspecified atom stereocenters. The van der Waals surface area contributed by atoms with Crippen molar-refractivity contribution >= 4 is 39.9 Å². The standard InChI is InChI=1S/C27H36N6O5S/c1-31(17-4-5-17)26(35)21-19-14-18(6-7-20(19)39-25(21)30-24(34)16-2-3-16)33-15-29-22(23(33)28)27(36)38-13-10-32-8-11-37-12-9-32/h15-18H,2-14,28H2,1H3,(H,30,34)/t18-/m0/s1. The van der Waals surface area contributed by atoms with E-state index in [1.807, 2.05) is 16.5 Å². The maximum absolute atomic E-state index is 13.6. The van der Waals surface area contributed by atoms with E-state index in [-0.39, 0.29) is 47.9 Å². The summed E-state index contributed by atoms with van der Waals surface area (Å²) in [6, 6.07) is 0.208. The first-order valence-corrected chi connectivity index (χ1v) is 14.7. The molecule has 2 saturated carbocycles. The number of nitrogens with one attached hydrogen (secondary N) is 1. The van der Waals surface area contributed by atoms with Gasteiger partial charge in [0, 0.05) is 49.6 Å². The van der Waals surface area contributed by atoms with Gasteiger partial charge in [-0.25, -0.2) is 9.78 Å².